The molecule has 0 bridgehead atoms. The number of hydrogen-bond donors (Lipinski definition) is 1. The van der Waals surface area contributed by atoms with Crippen molar-refractivity contribution in [3.05, 3.63) is 57.0 Å². The molecule has 0 aliphatic heterocycles. The van der Waals surface area contributed by atoms with E-state index in [1.165, 1.54) is 10.4 Å². The first kappa shape index (κ1) is 14.2. The standard InChI is InChI=1S/C16H20FNS/c1-4-5-18-16(14-8-12(3)19-10-14)13-6-11(2)7-15(17)9-13/h6-10,16,18H,4-5H2,1-3H3. The van der Waals surface area contributed by atoms with Crippen LogP contribution in [0, 0.1) is 19.7 Å². The van der Waals surface area contributed by atoms with Crippen LogP contribution in [0.3, 0.4) is 0 Å². The third kappa shape index (κ3) is 3.64. The molecule has 1 unspecified atom stereocenters. The molecule has 1 N–H and O–H groups in total. The SMILES string of the molecule is CCCNC(c1cc(C)cc(F)c1)c1csc(C)c1. The molecule has 1 atom stereocenters. The Labute approximate surface area is 118 Å². The number of halogens is 1. The summed E-state index contributed by atoms with van der Waals surface area (Å²) in [6.45, 7) is 7.10. The molecule has 0 aliphatic carbocycles. The summed E-state index contributed by atoms with van der Waals surface area (Å²) >= 11 is 1.74. The second-order valence-corrected chi connectivity index (χ2v) is 6.06. The van der Waals surface area contributed by atoms with Gasteiger partial charge in [0.1, 0.15) is 5.82 Å². The van der Waals surface area contributed by atoms with E-state index in [0.717, 1.165) is 24.1 Å². The average Bonchev–Trinajstić information content (AvgIpc) is 2.75. The first-order valence-corrected chi connectivity index (χ1v) is 7.53. The van der Waals surface area contributed by atoms with Crippen LogP contribution in [0.5, 0.6) is 0 Å². The van der Waals surface area contributed by atoms with Crippen LogP contribution in [0.2, 0.25) is 0 Å². The van der Waals surface area contributed by atoms with Crippen LogP contribution in [-0.4, -0.2) is 6.54 Å². The van der Waals surface area contributed by atoms with Crippen LogP contribution < -0.4 is 5.32 Å². The molecular weight excluding hydrogens is 257 g/mol. The largest absolute Gasteiger partial charge is 0.306 e. The smallest absolute Gasteiger partial charge is 0.123 e. The first-order chi connectivity index (χ1) is 9.10. The zero-order valence-corrected chi connectivity index (χ0v) is 12.5. The second-order valence-electron chi connectivity index (χ2n) is 4.94. The van der Waals surface area contributed by atoms with Crippen molar-refractivity contribution in [2.45, 2.75) is 33.2 Å². The number of hydrogen-bond acceptors (Lipinski definition) is 2. The summed E-state index contributed by atoms with van der Waals surface area (Å²) in [7, 11) is 0. The minimum atomic E-state index is -0.162. The summed E-state index contributed by atoms with van der Waals surface area (Å²) in [6, 6.07) is 7.52. The highest BCUT2D eigenvalue weighted by molar-refractivity contribution is 7.10. The Kier molecular flexibility index (Phi) is 4.72. The lowest BCUT2D eigenvalue weighted by Crippen LogP contribution is -2.23. The summed E-state index contributed by atoms with van der Waals surface area (Å²) in [5.41, 5.74) is 3.19. The molecule has 0 radical (unpaired) electrons. The molecule has 0 spiro atoms. The molecule has 0 saturated carbocycles. The van der Waals surface area contributed by atoms with E-state index < -0.39 is 0 Å². The van der Waals surface area contributed by atoms with Gasteiger partial charge in [-0.15, -0.1) is 11.3 Å². The number of benzene rings is 1. The molecule has 102 valence electrons. The highest BCUT2D eigenvalue weighted by Crippen LogP contribution is 2.27. The van der Waals surface area contributed by atoms with E-state index in [1.807, 2.05) is 6.92 Å². The molecule has 19 heavy (non-hydrogen) atoms. The topological polar surface area (TPSA) is 12.0 Å². The van der Waals surface area contributed by atoms with Crippen LogP contribution in [0.15, 0.2) is 29.6 Å². The summed E-state index contributed by atoms with van der Waals surface area (Å²) in [5, 5.41) is 5.67. The molecule has 0 amide bonds. The fourth-order valence-corrected chi connectivity index (χ4v) is 2.99. The van der Waals surface area contributed by atoms with Gasteiger partial charge in [-0.2, -0.15) is 0 Å². The van der Waals surface area contributed by atoms with Gasteiger partial charge in [-0.05, 0) is 67.1 Å². The second kappa shape index (κ2) is 6.31. The molecule has 1 aromatic heterocycles. The number of aryl methyl sites for hydroxylation is 2. The predicted molar refractivity (Wildman–Crippen MR) is 80.3 cm³/mol. The quantitative estimate of drug-likeness (QED) is 0.842. The molecule has 1 nitrogen and oxygen atoms in total. The van der Waals surface area contributed by atoms with Gasteiger partial charge in [0.15, 0.2) is 0 Å². The number of thiophene rings is 1. The predicted octanol–water partition coefficient (Wildman–Crippen LogP) is 4.59. The molecule has 3 heteroatoms. The lowest BCUT2D eigenvalue weighted by molar-refractivity contribution is 0.585. The Balaban J connectivity index is 2.36. The zero-order chi connectivity index (χ0) is 13.8. The maximum absolute atomic E-state index is 13.6. The first-order valence-electron chi connectivity index (χ1n) is 6.65. The van der Waals surface area contributed by atoms with Gasteiger partial charge in [-0.3, -0.25) is 0 Å². The Hall–Kier alpha value is -1.19. The van der Waals surface area contributed by atoms with E-state index in [9.17, 15) is 4.39 Å². The Morgan fingerprint density at radius 3 is 2.53 bits per heavy atom. The lowest BCUT2D eigenvalue weighted by atomic mass is 9.99. The summed E-state index contributed by atoms with van der Waals surface area (Å²) in [6.07, 6.45) is 1.06. The molecule has 2 aromatic rings. The van der Waals surface area contributed by atoms with Gasteiger partial charge in [0.2, 0.25) is 0 Å². The van der Waals surface area contributed by atoms with Gasteiger partial charge >= 0.3 is 0 Å². The van der Waals surface area contributed by atoms with E-state index in [2.05, 4.69) is 36.7 Å². The van der Waals surface area contributed by atoms with Gasteiger partial charge in [0.25, 0.3) is 0 Å². The Morgan fingerprint density at radius 2 is 1.95 bits per heavy atom. The molecule has 1 heterocycles. The van der Waals surface area contributed by atoms with Crippen LogP contribution in [0.25, 0.3) is 0 Å². The summed E-state index contributed by atoms with van der Waals surface area (Å²) < 4.78 is 13.6. The van der Waals surface area contributed by atoms with Crippen LogP contribution in [0.4, 0.5) is 4.39 Å². The Bertz CT molecular complexity index is 527. The van der Waals surface area contributed by atoms with Gasteiger partial charge < -0.3 is 5.32 Å². The normalized spacial score (nSPS) is 12.6. The van der Waals surface area contributed by atoms with Gasteiger partial charge in [0, 0.05) is 4.88 Å². The fraction of sp³-hybridized carbons (Fsp3) is 0.375. The molecule has 2 rings (SSSR count). The van der Waals surface area contributed by atoms with Crippen molar-refractivity contribution in [3.63, 3.8) is 0 Å². The monoisotopic (exact) mass is 277 g/mol. The van der Waals surface area contributed by atoms with Crippen molar-refractivity contribution in [1.82, 2.24) is 5.32 Å². The minimum Gasteiger partial charge on any atom is -0.306 e. The maximum atomic E-state index is 13.6. The zero-order valence-electron chi connectivity index (χ0n) is 11.7. The van der Waals surface area contributed by atoms with Crippen molar-refractivity contribution in [2.75, 3.05) is 6.54 Å². The van der Waals surface area contributed by atoms with E-state index in [-0.39, 0.29) is 11.9 Å². The molecular formula is C16H20FNS. The maximum Gasteiger partial charge on any atom is 0.123 e. The molecule has 0 aliphatic rings. The van der Waals surface area contributed by atoms with E-state index in [0.29, 0.717) is 0 Å². The summed E-state index contributed by atoms with van der Waals surface area (Å²) in [4.78, 5) is 1.28. The Morgan fingerprint density at radius 1 is 1.16 bits per heavy atom. The number of nitrogens with one attached hydrogen (secondary N) is 1. The van der Waals surface area contributed by atoms with Crippen molar-refractivity contribution in [2.24, 2.45) is 0 Å². The summed E-state index contributed by atoms with van der Waals surface area (Å²) in [5.74, 6) is -0.162. The molecule has 0 saturated heterocycles. The highest BCUT2D eigenvalue weighted by atomic mass is 32.1. The van der Waals surface area contributed by atoms with Crippen LogP contribution in [0.1, 0.15) is 41.0 Å². The third-order valence-electron chi connectivity index (χ3n) is 3.08. The van der Waals surface area contributed by atoms with Crippen molar-refractivity contribution >= 4 is 11.3 Å². The lowest BCUT2D eigenvalue weighted by Gasteiger charge is -2.19. The van der Waals surface area contributed by atoms with E-state index in [1.54, 1.807) is 23.5 Å². The highest BCUT2D eigenvalue weighted by Gasteiger charge is 2.15. The van der Waals surface area contributed by atoms with Crippen LogP contribution in [-0.2, 0) is 0 Å². The van der Waals surface area contributed by atoms with E-state index in [4.69, 9.17) is 0 Å². The van der Waals surface area contributed by atoms with E-state index >= 15 is 0 Å². The minimum absolute atomic E-state index is 0.0827. The third-order valence-corrected chi connectivity index (χ3v) is 3.96. The van der Waals surface area contributed by atoms with Gasteiger partial charge in [-0.25, -0.2) is 4.39 Å². The molecule has 0 fully saturated rings. The van der Waals surface area contributed by atoms with Gasteiger partial charge in [0.05, 0.1) is 6.04 Å². The average molecular weight is 277 g/mol. The molecule has 1 aromatic carbocycles. The van der Waals surface area contributed by atoms with Crippen LogP contribution >= 0.6 is 11.3 Å². The van der Waals surface area contributed by atoms with Crippen molar-refractivity contribution in [3.8, 4) is 0 Å². The van der Waals surface area contributed by atoms with Crippen molar-refractivity contribution in [1.29, 1.82) is 0 Å². The van der Waals surface area contributed by atoms with Crippen molar-refractivity contribution < 1.29 is 4.39 Å². The van der Waals surface area contributed by atoms with Gasteiger partial charge in [-0.1, -0.05) is 13.0 Å². The fourth-order valence-electron chi connectivity index (χ4n) is 2.26. The number of rotatable bonds is 5.